The number of rotatable bonds is 5. The third kappa shape index (κ3) is 3.74. The molecule has 1 atom stereocenters. The molecule has 0 aliphatic heterocycles. The quantitative estimate of drug-likeness (QED) is 0.499. The lowest BCUT2D eigenvalue weighted by Gasteiger charge is -2.16. The van der Waals surface area contributed by atoms with Gasteiger partial charge in [0.2, 0.25) is 0 Å². The molecule has 1 unspecified atom stereocenters. The Hall–Kier alpha value is -1.56. The Morgan fingerprint density at radius 2 is 2.35 bits per heavy atom. The molecular weight excluding hydrogens is 246 g/mol. The second kappa shape index (κ2) is 5.67. The number of nitro groups is 1. The van der Waals surface area contributed by atoms with E-state index in [9.17, 15) is 14.9 Å². The molecule has 0 radical (unpaired) electrons. The van der Waals surface area contributed by atoms with Crippen molar-refractivity contribution in [3.8, 4) is 0 Å². The summed E-state index contributed by atoms with van der Waals surface area (Å²) in [7, 11) is 1.63. The van der Waals surface area contributed by atoms with E-state index in [0.717, 1.165) is 0 Å². The maximum atomic E-state index is 11.8. The van der Waals surface area contributed by atoms with Crippen LogP contribution < -0.4 is 0 Å². The van der Waals surface area contributed by atoms with Crippen LogP contribution in [-0.4, -0.2) is 39.7 Å². The SMILES string of the molecule is CC(Cl)CCN(C)C(=O)c1cc([N+](=O)[O-])c[nH]1. The van der Waals surface area contributed by atoms with Crippen LogP contribution >= 0.6 is 11.6 Å². The zero-order valence-electron chi connectivity index (χ0n) is 9.64. The molecular formula is C10H14ClN3O3. The zero-order chi connectivity index (χ0) is 13.0. The van der Waals surface area contributed by atoms with Crippen LogP contribution in [0.15, 0.2) is 12.3 Å². The van der Waals surface area contributed by atoms with E-state index in [4.69, 9.17) is 11.6 Å². The average Bonchev–Trinajstić information content (AvgIpc) is 2.73. The van der Waals surface area contributed by atoms with Crippen molar-refractivity contribution < 1.29 is 9.72 Å². The minimum Gasteiger partial charge on any atom is -0.351 e. The molecule has 0 bridgehead atoms. The number of amides is 1. The summed E-state index contributed by atoms with van der Waals surface area (Å²) in [6.07, 6.45) is 1.87. The molecule has 0 aromatic carbocycles. The number of nitrogens with zero attached hydrogens (tertiary/aromatic N) is 2. The van der Waals surface area contributed by atoms with Crippen molar-refractivity contribution in [3.63, 3.8) is 0 Å². The molecule has 1 heterocycles. The Kier molecular flexibility index (Phi) is 4.51. The summed E-state index contributed by atoms with van der Waals surface area (Å²) in [6.45, 7) is 2.36. The summed E-state index contributed by atoms with van der Waals surface area (Å²) < 4.78 is 0. The average molecular weight is 260 g/mol. The van der Waals surface area contributed by atoms with Crippen LogP contribution in [0.2, 0.25) is 0 Å². The van der Waals surface area contributed by atoms with Gasteiger partial charge >= 0.3 is 0 Å². The standard InChI is InChI=1S/C10H14ClN3O3/c1-7(11)3-4-13(2)10(15)9-5-8(6-12-9)14(16)17/h5-7,12H,3-4H2,1-2H3. The highest BCUT2D eigenvalue weighted by atomic mass is 35.5. The van der Waals surface area contributed by atoms with Crippen molar-refractivity contribution >= 4 is 23.2 Å². The molecule has 94 valence electrons. The Balaban J connectivity index is 2.65. The normalized spacial score (nSPS) is 12.2. The molecule has 0 aliphatic rings. The summed E-state index contributed by atoms with van der Waals surface area (Å²) in [6, 6.07) is 1.23. The number of H-pyrrole nitrogens is 1. The predicted molar refractivity (Wildman–Crippen MR) is 64.3 cm³/mol. The minimum atomic E-state index is -0.548. The van der Waals surface area contributed by atoms with Gasteiger partial charge in [0.05, 0.1) is 11.1 Å². The fourth-order valence-corrected chi connectivity index (χ4v) is 1.39. The molecule has 1 N–H and O–H groups in total. The predicted octanol–water partition coefficient (Wildman–Crippen LogP) is 2.01. The molecule has 1 rings (SSSR count). The molecule has 0 fully saturated rings. The molecule has 0 saturated carbocycles. The molecule has 0 aliphatic carbocycles. The zero-order valence-corrected chi connectivity index (χ0v) is 10.4. The highest BCUT2D eigenvalue weighted by molar-refractivity contribution is 6.20. The molecule has 1 amide bonds. The van der Waals surface area contributed by atoms with Gasteiger partial charge in [-0.05, 0) is 13.3 Å². The summed E-state index contributed by atoms with van der Waals surface area (Å²) in [5.74, 6) is -0.282. The molecule has 0 spiro atoms. The van der Waals surface area contributed by atoms with E-state index in [-0.39, 0.29) is 22.7 Å². The Morgan fingerprint density at radius 3 is 2.82 bits per heavy atom. The van der Waals surface area contributed by atoms with Crippen LogP contribution in [0, 0.1) is 10.1 Å². The number of aromatic nitrogens is 1. The van der Waals surface area contributed by atoms with Crippen molar-refractivity contribution in [1.29, 1.82) is 0 Å². The highest BCUT2D eigenvalue weighted by Gasteiger charge is 2.17. The fraction of sp³-hybridized carbons (Fsp3) is 0.500. The maximum absolute atomic E-state index is 11.8. The van der Waals surface area contributed by atoms with Crippen LogP contribution in [0.25, 0.3) is 0 Å². The Labute approximate surface area is 104 Å². The third-order valence-corrected chi connectivity index (χ3v) is 2.54. The van der Waals surface area contributed by atoms with Crippen molar-refractivity contribution in [1.82, 2.24) is 9.88 Å². The van der Waals surface area contributed by atoms with Crippen LogP contribution in [0.1, 0.15) is 23.8 Å². The van der Waals surface area contributed by atoms with E-state index < -0.39 is 4.92 Å². The van der Waals surface area contributed by atoms with Crippen LogP contribution in [0.5, 0.6) is 0 Å². The lowest BCUT2D eigenvalue weighted by atomic mass is 10.3. The van der Waals surface area contributed by atoms with Gasteiger partial charge in [0.15, 0.2) is 0 Å². The van der Waals surface area contributed by atoms with Crippen molar-refractivity contribution in [2.24, 2.45) is 0 Å². The van der Waals surface area contributed by atoms with E-state index >= 15 is 0 Å². The first kappa shape index (κ1) is 13.5. The summed E-state index contributed by atoms with van der Waals surface area (Å²) >= 11 is 5.78. The Morgan fingerprint density at radius 1 is 1.71 bits per heavy atom. The van der Waals surface area contributed by atoms with Crippen molar-refractivity contribution in [2.45, 2.75) is 18.7 Å². The lowest BCUT2D eigenvalue weighted by Crippen LogP contribution is -2.29. The number of carbonyl (C=O) groups is 1. The molecule has 1 aromatic rings. The lowest BCUT2D eigenvalue weighted by molar-refractivity contribution is -0.384. The number of aromatic amines is 1. The third-order valence-electron chi connectivity index (χ3n) is 2.32. The first-order chi connectivity index (χ1) is 7.91. The number of hydrogen-bond acceptors (Lipinski definition) is 3. The second-order valence-electron chi connectivity index (χ2n) is 3.82. The topological polar surface area (TPSA) is 79.2 Å². The maximum Gasteiger partial charge on any atom is 0.287 e. The molecule has 6 nitrogen and oxygen atoms in total. The number of halogens is 1. The largest absolute Gasteiger partial charge is 0.351 e. The van der Waals surface area contributed by atoms with E-state index in [2.05, 4.69) is 4.98 Å². The van der Waals surface area contributed by atoms with E-state index in [1.807, 2.05) is 6.92 Å². The highest BCUT2D eigenvalue weighted by Crippen LogP contribution is 2.13. The fourth-order valence-electron chi connectivity index (χ4n) is 1.29. The minimum absolute atomic E-state index is 0.0109. The van der Waals surface area contributed by atoms with E-state index in [0.29, 0.717) is 13.0 Å². The smallest absolute Gasteiger partial charge is 0.287 e. The summed E-state index contributed by atoms with van der Waals surface area (Å²) in [5.41, 5.74) is 0.0916. The van der Waals surface area contributed by atoms with Crippen molar-refractivity contribution in [3.05, 3.63) is 28.1 Å². The van der Waals surface area contributed by atoms with Gasteiger partial charge in [-0.2, -0.15) is 0 Å². The van der Waals surface area contributed by atoms with Crippen LogP contribution in [0.3, 0.4) is 0 Å². The van der Waals surface area contributed by atoms with Gasteiger partial charge in [-0.1, -0.05) is 0 Å². The molecule has 17 heavy (non-hydrogen) atoms. The van der Waals surface area contributed by atoms with Gasteiger partial charge in [0.25, 0.3) is 11.6 Å². The van der Waals surface area contributed by atoms with Gasteiger partial charge < -0.3 is 9.88 Å². The Bertz CT molecular complexity index is 417. The van der Waals surface area contributed by atoms with Gasteiger partial charge in [0, 0.05) is 25.0 Å². The van der Waals surface area contributed by atoms with Gasteiger partial charge in [-0.15, -0.1) is 11.6 Å². The number of nitrogens with one attached hydrogen (secondary N) is 1. The monoisotopic (exact) mass is 259 g/mol. The van der Waals surface area contributed by atoms with Gasteiger partial charge in [-0.3, -0.25) is 14.9 Å². The number of carbonyl (C=O) groups excluding carboxylic acids is 1. The van der Waals surface area contributed by atoms with Gasteiger partial charge in [0.1, 0.15) is 5.69 Å². The number of hydrogen-bond donors (Lipinski definition) is 1. The van der Waals surface area contributed by atoms with Crippen molar-refractivity contribution in [2.75, 3.05) is 13.6 Å². The van der Waals surface area contributed by atoms with E-state index in [1.165, 1.54) is 17.2 Å². The molecule has 7 heteroatoms. The second-order valence-corrected chi connectivity index (χ2v) is 4.57. The number of alkyl halides is 1. The van der Waals surface area contributed by atoms with Crippen LogP contribution in [-0.2, 0) is 0 Å². The summed E-state index contributed by atoms with van der Waals surface area (Å²) in [5, 5.41) is 10.5. The first-order valence-corrected chi connectivity index (χ1v) is 5.57. The molecule has 0 saturated heterocycles. The van der Waals surface area contributed by atoms with Crippen LogP contribution in [0.4, 0.5) is 5.69 Å². The summed E-state index contributed by atoms with van der Waals surface area (Å²) in [4.78, 5) is 25.8. The first-order valence-electron chi connectivity index (χ1n) is 5.14. The van der Waals surface area contributed by atoms with E-state index in [1.54, 1.807) is 7.05 Å². The molecule has 1 aromatic heterocycles. The van der Waals surface area contributed by atoms with Gasteiger partial charge in [-0.25, -0.2) is 0 Å².